The van der Waals surface area contributed by atoms with Crippen molar-refractivity contribution in [3.8, 4) is 5.69 Å². The summed E-state index contributed by atoms with van der Waals surface area (Å²) in [5.41, 5.74) is 2.50. The van der Waals surface area contributed by atoms with Crippen LogP contribution in [0.15, 0.2) is 67.1 Å². The molecule has 0 aliphatic carbocycles. The first kappa shape index (κ1) is 15.4. The van der Waals surface area contributed by atoms with E-state index in [1.54, 1.807) is 23.1 Å². The third-order valence-electron chi connectivity index (χ3n) is 4.42. The van der Waals surface area contributed by atoms with Gasteiger partial charge in [0.15, 0.2) is 0 Å². The summed E-state index contributed by atoms with van der Waals surface area (Å²) < 4.78 is 1.73. The molecule has 6 nitrogen and oxygen atoms in total. The van der Waals surface area contributed by atoms with E-state index in [0.717, 1.165) is 18.8 Å². The number of nitrogens with zero attached hydrogens (tertiary/aromatic N) is 5. The first-order chi connectivity index (χ1) is 12.3. The summed E-state index contributed by atoms with van der Waals surface area (Å²) in [4.78, 5) is 21.2. The Hall–Kier alpha value is -3.15. The summed E-state index contributed by atoms with van der Waals surface area (Å²) in [6.45, 7) is 3.05. The standard InChI is InChI=1S/C19H19N5O/c25-19(18-15-17(7-9-20-18)24-10-4-8-21-24)23-13-11-22(12-14-23)16-5-2-1-3-6-16/h1-10,15H,11-14H2. The Bertz CT molecular complexity index is 839. The molecule has 3 heterocycles. The van der Waals surface area contributed by atoms with Gasteiger partial charge in [-0.05, 0) is 30.3 Å². The SMILES string of the molecule is O=C(c1cc(-n2cccn2)ccn1)N1CCN(c2ccccc2)CC1. The number of piperazine rings is 1. The zero-order valence-electron chi connectivity index (χ0n) is 13.8. The molecule has 1 saturated heterocycles. The zero-order chi connectivity index (χ0) is 17.1. The second-order valence-corrected chi connectivity index (χ2v) is 5.96. The van der Waals surface area contributed by atoms with Gasteiger partial charge in [-0.15, -0.1) is 0 Å². The van der Waals surface area contributed by atoms with Crippen molar-refractivity contribution in [1.82, 2.24) is 19.7 Å². The molecular formula is C19H19N5O. The highest BCUT2D eigenvalue weighted by Crippen LogP contribution is 2.17. The predicted molar refractivity (Wildman–Crippen MR) is 95.9 cm³/mol. The maximum atomic E-state index is 12.8. The second kappa shape index (κ2) is 6.76. The van der Waals surface area contributed by atoms with Gasteiger partial charge in [-0.1, -0.05) is 18.2 Å². The molecule has 0 radical (unpaired) electrons. The zero-order valence-corrected chi connectivity index (χ0v) is 13.8. The van der Waals surface area contributed by atoms with Crippen LogP contribution in [0.25, 0.3) is 5.69 Å². The van der Waals surface area contributed by atoms with Gasteiger partial charge in [-0.25, -0.2) is 4.68 Å². The van der Waals surface area contributed by atoms with Gasteiger partial charge in [0.1, 0.15) is 5.69 Å². The lowest BCUT2D eigenvalue weighted by Gasteiger charge is -2.36. The van der Waals surface area contributed by atoms with Gasteiger partial charge in [0.2, 0.25) is 0 Å². The molecule has 1 amide bonds. The maximum Gasteiger partial charge on any atom is 0.272 e. The van der Waals surface area contributed by atoms with E-state index in [4.69, 9.17) is 0 Å². The summed E-state index contributed by atoms with van der Waals surface area (Å²) in [5.74, 6) is -0.0262. The Morgan fingerprint density at radius 2 is 1.68 bits per heavy atom. The monoisotopic (exact) mass is 333 g/mol. The molecule has 4 rings (SSSR count). The van der Waals surface area contributed by atoms with Gasteiger partial charge in [0.05, 0.1) is 5.69 Å². The van der Waals surface area contributed by atoms with E-state index in [0.29, 0.717) is 18.8 Å². The summed E-state index contributed by atoms with van der Waals surface area (Å²) in [5, 5.41) is 4.20. The third-order valence-corrected chi connectivity index (χ3v) is 4.42. The quantitative estimate of drug-likeness (QED) is 0.737. The van der Waals surface area contributed by atoms with E-state index < -0.39 is 0 Å². The number of hydrogen-bond donors (Lipinski definition) is 0. The summed E-state index contributed by atoms with van der Waals surface area (Å²) in [6.07, 6.45) is 5.22. The van der Waals surface area contributed by atoms with Crippen LogP contribution in [0.5, 0.6) is 0 Å². The molecule has 0 spiro atoms. The number of pyridine rings is 1. The smallest absolute Gasteiger partial charge is 0.272 e. The van der Waals surface area contributed by atoms with Crippen LogP contribution in [0.1, 0.15) is 10.5 Å². The average Bonchev–Trinajstić information content (AvgIpc) is 3.23. The lowest BCUT2D eigenvalue weighted by molar-refractivity contribution is 0.0741. The van der Waals surface area contributed by atoms with Crippen LogP contribution in [0.4, 0.5) is 5.69 Å². The van der Waals surface area contributed by atoms with Gasteiger partial charge < -0.3 is 9.80 Å². The number of amides is 1. The lowest BCUT2D eigenvalue weighted by atomic mass is 10.2. The Morgan fingerprint density at radius 3 is 2.40 bits per heavy atom. The number of carbonyl (C=O) groups is 1. The van der Waals surface area contributed by atoms with E-state index in [1.807, 2.05) is 41.4 Å². The molecule has 1 fully saturated rings. The second-order valence-electron chi connectivity index (χ2n) is 5.96. The van der Waals surface area contributed by atoms with Gasteiger partial charge >= 0.3 is 0 Å². The molecule has 1 aromatic carbocycles. The van der Waals surface area contributed by atoms with Crippen LogP contribution in [-0.4, -0.2) is 51.8 Å². The Labute approximate surface area is 146 Å². The fraction of sp³-hybridized carbons (Fsp3) is 0.211. The molecule has 0 unspecified atom stereocenters. The fourth-order valence-corrected chi connectivity index (χ4v) is 3.07. The van der Waals surface area contributed by atoms with Crippen molar-refractivity contribution in [1.29, 1.82) is 0 Å². The molecule has 25 heavy (non-hydrogen) atoms. The summed E-state index contributed by atoms with van der Waals surface area (Å²) in [6, 6.07) is 15.8. The summed E-state index contributed by atoms with van der Waals surface area (Å²) >= 11 is 0. The van der Waals surface area contributed by atoms with Crippen molar-refractivity contribution in [3.63, 3.8) is 0 Å². The highest BCUT2D eigenvalue weighted by molar-refractivity contribution is 5.93. The van der Waals surface area contributed by atoms with E-state index >= 15 is 0 Å². The molecule has 0 atom stereocenters. The first-order valence-corrected chi connectivity index (χ1v) is 8.36. The van der Waals surface area contributed by atoms with Gasteiger partial charge in [0.25, 0.3) is 5.91 Å². The minimum Gasteiger partial charge on any atom is -0.368 e. The van der Waals surface area contributed by atoms with Crippen LogP contribution in [0, 0.1) is 0 Å². The molecule has 0 bridgehead atoms. The normalized spacial score (nSPS) is 14.6. The third kappa shape index (κ3) is 3.24. The maximum absolute atomic E-state index is 12.8. The highest BCUT2D eigenvalue weighted by atomic mass is 16.2. The minimum absolute atomic E-state index is 0.0262. The number of para-hydroxylation sites is 1. The number of aromatic nitrogens is 3. The Balaban J connectivity index is 1.45. The topological polar surface area (TPSA) is 54.3 Å². The van der Waals surface area contributed by atoms with Crippen molar-refractivity contribution in [2.45, 2.75) is 0 Å². The average molecular weight is 333 g/mol. The van der Waals surface area contributed by atoms with Gasteiger partial charge in [0, 0.05) is 50.5 Å². The molecule has 126 valence electrons. The molecule has 6 heteroatoms. The molecule has 1 aliphatic rings. The molecule has 1 aliphatic heterocycles. The number of anilines is 1. The molecular weight excluding hydrogens is 314 g/mol. The van der Waals surface area contributed by atoms with Crippen LogP contribution in [0.3, 0.4) is 0 Å². The minimum atomic E-state index is -0.0262. The van der Waals surface area contributed by atoms with Crippen LogP contribution in [0.2, 0.25) is 0 Å². The van der Waals surface area contributed by atoms with Gasteiger partial charge in [-0.3, -0.25) is 9.78 Å². The Morgan fingerprint density at radius 1 is 0.880 bits per heavy atom. The van der Waals surface area contributed by atoms with Crippen molar-refractivity contribution < 1.29 is 4.79 Å². The van der Waals surface area contributed by atoms with E-state index in [9.17, 15) is 4.79 Å². The highest BCUT2D eigenvalue weighted by Gasteiger charge is 2.23. The number of rotatable bonds is 3. The Kier molecular flexibility index (Phi) is 4.16. The van der Waals surface area contributed by atoms with E-state index in [-0.39, 0.29) is 5.91 Å². The number of carbonyl (C=O) groups excluding carboxylic acids is 1. The van der Waals surface area contributed by atoms with Crippen molar-refractivity contribution in [2.75, 3.05) is 31.1 Å². The van der Waals surface area contributed by atoms with E-state index in [2.05, 4.69) is 27.1 Å². The van der Waals surface area contributed by atoms with Crippen molar-refractivity contribution >= 4 is 11.6 Å². The van der Waals surface area contributed by atoms with Crippen LogP contribution < -0.4 is 4.90 Å². The van der Waals surface area contributed by atoms with Crippen molar-refractivity contribution in [3.05, 3.63) is 72.8 Å². The first-order valence-electron chi connectivity index (χ1n) is 8.36. The number of benzene rings is 1. The molecule has 2 aromatic heterocycles. The number of hydrogen-bond acceptors (Lipinski definition) is 4. The summed E-state index contributed by atoms with van der Waals surface area (Å²) in [7, 11) is 0. The molecule has 0 saturated carbocycles. The lowest BCUT2D eigenvalue weighted by Crippen LogP contribution is -2.49. The predicted octanol–water partition coefficient (Wildman–Crippen LogP) is 2.23. The van der Waals surface area contributed by atoms with Crippen LogP contribution >= 0.6 is 0 Å². The largest absolute Gasteiger partial charge is 0.368 e. The fourth-order valence-electron chi connectivity index (χ4n) is 3.07. The van der Waals surface area contributed by atoms with Gasteiger partial charge in [-0.2, -0.15) is 5.10 Å². The molecule has 3 aromatic rings. The van der Waals surface area contributed by atoms with Crippen LogP contribution in [-0.2, 0) is 0 Å². The van der Waals surface area contributed by atoms with E-state index in [1.165, 1.54) is 5.69 Å². The molecule has 0 N–H and O–H groups in total. The van der Waals surface area contributed by atoms with Crippen molar-refractivity contribution in [2.24, 2.45) is 0 Å².